The number of rotatable bonds is 8. The Balaban J connectivity index is 1.65. The lowest BCUT2D eigenvalue weighted by atomic mass is 10.1. The summed E-state index contributed by atoms with van der Waals surface area (Å²) < 4.78 is 11.2. The van der Waals surface area contributed by atoms with Crippen molar-refractivity contribution in [1.82, 2.24) is 15.1 Å². The topological polar surface area (TPSA) is 49.3 Å². The Hall–Kier alpha value is -1.79. The van der Waals surface area contributed by atoms with E-state index in [9.17, 15) is 0 Å². The minimum absolute atomic E-state index is 0.559. The first-order chi connectivity index (χ1) is 12.2. The number of para-hydroxylation sites is 1. The average molecular weight is 348 g/mol. The molecule has 25 heavy (non-hydrogen) atoms. The van der Waals surface area contributed by atoms with E-state index in [4.69, 9.17) is 9.47 Å². The Kier molecular flexibility index (Phi) is 8.55. The fraction of sp³-hybridized carbons (Fsp3) is 0.632. The molecule has 1 saturated heterocycles. The second-order valence-corrected chi connectivity index (χ2v) is 6.53. The molecule has 1 aromatic carbocycles. The van der Waals surface area contributed by atoms with Crippen LogP contribution in [0.15, 0.2) is 35.3 Å². The summed E-state index contributed by atoms with van der Waals surface area (Å²) >= 11 is 0. The molecular formula is C19H32N4O2. The minimum atomic E-state index is 0.559. The first kappa shape index (κ1) is 19.5. The van der Waals surface area contributed by atoms with Crippen LogP contribution >= 0.6 is 0 Å². The lowest BCUT2D eigenvalue weighted by Gasteiger charge is -2.30. The highest BCUT2D eigenvalue weighted by Crippen LogP contribution is 2.08. The van der Waals surface area contributed by atoms with E-state index < -0.39 is 0 Å². The molecule has 0 spiro atoms. The molecule has 1 unspecified atom stereocenters. The highest BCUT2D eigenvalue weighted by atomic mass is 16.5. The van der Waals surface area contributed by atoms with Crippen LogP contribution in [0.5, 0.6) is 5.75 Å². The molecular weight excluding hydrogens is 316 g/mol. The molecule has 0 bridgehead atoms. The van der Waals surface area contributed by atoms with Gasteiger partial charge < -0.3 is 19.7 Å². The maximum atomic E-state index is 5.75. The van der Waals surface area contributed by atoms with Gasteiger partial charge in [-0.1, -0.05) is 25.1 Å². The molecule has 0 aliphatic carbocycles. The van der Waals surface area contributed by atoms with Crippen LogP contribution in [0.3, 0.4) is 0 Å². The van der Waals surface area contributed by atoms with Crippen molar-refractivity contribution >= 4 is 5.96 Å². The summed E-state index contributed by atoms with van der Waals surface area (Å²) in [4.78, 5) is 8.94. The molecule has 1 atom stereocenters. The van der Waals surface area contributed by atoms with E-state index in [1.165, 1.54) is 0 Å². The zero-order valence-corrected chi connectivity index (χ0v) is 15.8. The Morgan fingerprint density at radius 1 is 1.32 bits per heavy atom. The molecule has 0 aromatic heterocycles. The van der Waals surface area contributed by atoms with Crippen LogP contribution in [0.1, 0.15) is 6.92 Å². The van der Waals surface area contributed by atoms with E-state index in [0.29, 0.717) is 12.5 Å². The van der Waals surface area contributed by atoms with Crippen LogP contribution in [0.2, 0.25) is 0 Å². The number of nitrogens with zero attached hydrogens (tertiary/aromatic N) is 3. The number of likely N-dealkylation sites (N-methyl/N-ethyl adjacent to an activating group) is 1. The molecule has 0 radical (unpaired) electrons. The van der Waals surface area contributed by atoms with Crippen molar-refractivity contribution in [2.75, 3.05) is 66.6 Å². The molecule has 1 fully saturated rings. The van der Waals surface area contributed by atoms with Crippen LogP contribution in [0, 0.1) is 5.92 Å². The van der Waals surface area contributed by atoms with Gasteiger partial charge in [0.25, 0.3) is 0 Å². The molecule has 1 heterocycles. The van der Waals surface area contributed by atoms with Crippen molar-refractivity contribution in [2.24, 2.45) is 10.9 Å². The maximum Gasteiger partial charge on any atom is 0.193 e. The van der Waals surface area contributed by atoms with E-state index in [1.807, 2.05) is 44.4 Å². The highest BCUT2D eigenvalue weighted by Gasteiger charge is 2.14. The van der Waals surface area contributed by atoms with Gasteiger partial charge in [0.1, 0.15) is 12.4 Å². The largest absolute Gasteiger partial charge is 0.492 e. The van der Waals surface area contributed by atoms with Crippen molar-refractivity contribution in [3.63, 3.8) is 0 Å². The summed E-state index contributed by atoms with van der Waals surface area (Å²) in [5, 5.41) is 3.47. The number of benzene rings is 1. The third kappa shape index (κ3) is 7.32. The van der Waals surface area contributed by atoms with Gasteiger partial charge in [-0.15, -0.1) is 0 Å². The standard InChI is InChI=1S/C19H32N4O2/c1-17(16-23-10-12-24-13-11-23)15-21-19(20-2)22(3)9-14-25-18-7-5-4-6-8-18/h4-8,17H,9-16H2,1-3H3,(H,20,21). The summed E-state index contributed by atoms with van der Waals surface area (Å²) in [5.74, 6) is 2.37. The van der Waals surface area contributed by atoms with Gasteiger partial charge in [-0.2, -0.15) is 0 Å². The summed E-state index contributed by atoms with van der Waals surface area (Å²) in [6, 6.07) is 9.90. The van der Waals surface area contributed by atoms with E-state index in [2.05, 4.69) is 27.0 Å². The second kappa shape index (κ2) is 10.9. The predicted molar refractivity (Wildman–Crippen MR) is 102 cm³/mol. The van der Waals surface area contributed by atoms with Gasteiger partial charge in [0.2, 0.25) is 0 Å². The Morgan fingerprint density at radius 3 is 2.72 bits per heavy atom. The molecule has 1 aromatic rings. The Bertz CT molecular complexity index is 503. The Morgan fingerprint density at radius 2 is 2.04 bits per heavy atom. The van der Waals surface area contributed by atoms with Crippen LogP contribution in [-0.4, -0.2) is 82.4 Å². The van der Waals surface area contributed by atoms with E-state index >= 15 is 0 Å². The number of aliphatic imine (C=N–C) groups is 1. The lowest BCUT2D eigenvalue weighted by Crippen LogP contribution is -2.45. The van der Waals surface area contributed by atoms with Crippen LogP contribution < -0.4 is 10.1 Å². The smallest absolute Gasteiger partial charge is 0.193 e. The summed E-state index contributed by atoms with van der Waals surface area (Å²) in [7, 11) is 3.86. The number of morpholine rings is 1. The zero-order valence-electron chi connectivity index (χ0n) is 15.8. The number of ether oxygens (including phenoxy) is 2. The number of hydrogen-bond donors (Lipinski definition) is 1. The Labute approximate surface area is 151 Å². The molecule has 1 aliphatic rings. The van der Waals surface area contributed by atoms with Crippen LogP contribution in [0.25, 0.3) is 0 Å². The van der Waals surface area contributed by atoms with Gasteiger partial charge in [0.05, 0.1) is 19.8 Å². The van der Waals surface area contributed by atoms with Crippen LogP contribution in [0.4, 0.5) is 0 Å². The molecule has 1 aliphatic heterocycles. The molecule has 140 valence electrons. The third-order valence-electron chi connectivity index (χ3n) is 4.29. The van der Waals surface area contributed by atoms with Gasteiger partial charge in [-0.05, 0) is 18.1 Å². The van der Waals surface area contributed by atoms with E-state index in [1.54, 1.807) is 0 Å². The lowest BCUT2D eigenvalue weighted by molar-refractivity contribution is 0.0320. The average Bonchev–Trinajstić information content (AvgIpc) is 2.64. The van der Waals surface area contributed by atoms with Crippen molar-refractivity contribution in [3.05, 3.63) is 30.3 Å². The quantitative estimate of drug-likeness (QED) is 0.570. The first-order valence-corrected chi connectivity index (χ1v) is 9.08. The molecule has 1 N–H and O–H groups in total. The number of nitrogens with one attached hydrogen (secondary N) is 1. The number of guanidine groups is 1. The first-order valence-electron chi connectivity index (χ1n) is 9.08. The SMILES string of the molecule is CN=C(NCC(C)CN1CCOCC1)N(C)CCOc1ccccc1. The summed E-state index contributed by atoms with van der Waals surface area (Å²) in [6.07, 6.45) is 0. The molecule has 0 amide bonds. The molecule has 2 rings (SSSR count). The minimum Gasteiger partial charge on any atom is -0.492 e. The van der Waals surface area contributed by atoms with Gasteiger partial charge >= 0.3 is 0 Å². The summed E-state index contributed by atoms with van der Waals surface area (Å²) in [5.41, 5.74) is 0. The van der Waals surface area contributed by atoms with Gasteiger partial charge in [0, 0.05) is 40.3 Å². The van der Waals surface area contributed by atoms with E-state index in [0.717, 1.165) is 57.6 Å². The molecule has 0 saturated carbocycles. The maximum absolute atomic E-state index is 5.75. The monoisotopic (exact) mass is 348 g/mol. The third-order valence-corrected chi connectivity index (χ3v) is 4.29. The molecule has 6 nitrogen and oxygen atoms in total. The van der Waals surface area contributed by atoms with Crippen molar-refractivity contribution in [3.8, 4) is 5.75 Å². The molecule has 6 heteroatoms. The number of hydrogen-bond acceptors (Lipinski definition) is 4. The van der Waals surface area contributed by atoms with Gasteiger partial charge in [-0.3, -0.25) is 9.89 Å². The second-order valence-electron chi connectivity index (χ2n) is 6.53. The summed E-state index contributed by atoms with van der Waals surface area (Å²) in [6.45, 7) is 9.47. The zero-order chi connectivity index (χ0) is 17.9. The van der Waals surface area contributed by atoms with Crippen LogP contribution in [-0.2, 0) is 4.74 Å². The van der Waals surface area contributed by atoms with Gasteiger partial charge in [0.15, 0.2) is 5.96 Å². The fourth-order valence-electron chi connectivity index (χ4n) is 2.86. The van der Waals surface area contributed by atoms with Gasteiger partial charge in [-0.25, -0.2) is 0 Å². The van der Waals surface area contributed by atoms with Crippen molar-refractivity contribution < 1.29 is 9.47 Å². The predicted octanol–water partition coefficient (Wildman–Crippen LogP) is 1.54. The normalized spacial score (nSPS) is 17.2. The highest BCUT2D eigenvalue weighted by molar-refractivity contribution is 5.79. The van der Waals surface area contributed by atoms with Crippen molar-refractivity contribution in [2.45, 2.75) is 6.92 Å². The van der Waals surface area contributed by atoms with E-state index in [-0.39, 0.29) is 0 Å². The van der Waals surface area contributed by atoms with Crippen molar-refractivity contribution in [1.29, 1.82) is 0 Å². The fourth-order valence-corrected chi connectivity index (χ4v) is 2.86.